The third kappa shape index (κ3) is 6.43. The third-order valence-corrected chi connectivity index (χ3v) is 4.90. The van der Waals surface area contributed by atoms with Gasteiger partial charge in [0.25, 0.3) is 5.91 Å². The molecule has 0 aliphatic heterocycles. The fourth-order valence-corrected chi connectivity index (χ4v) is 2.88. The van der Waals surface area contributed by atoms with Crippen molar-refractivity contribution in [1.29, 1.82) is 0 Å². The summed E-state index contributed by atoms with van der Waals surface area (Å²) in [6.45, 7) is 4.27. The minimum atomic E-state index is -0.659. The normalized spacial score (nSPS) is 11.6. The fraction of sp³-hybridized carbons (Fsp3) is 0.333. The van der Waals surface area contributed by atoms with Gasteiger partial charge < -0.3 is 15.0 Å². The van der Waals surface area contributed by atoms with Crippen LogP contribution in [0, 0.1) is 0 Å². The SMILES string of the molecule is CCCNC(=O)[C@H](C)N(Cc1ccc(Cl)c(Cl)c1)C(=O)COc1ccccc1. The molecule has 2 aromatic rings. The zero-order valence-electron chi connectivity index (χ0n) is 16.0. The first kappa shape index (κ1) is 22.1. The van der Waals surface area contributed by atoms with Gasteiger partial charge in [-0.15, -0.1) is 0 Å². The summed E-state index contributed by atoms with van der Waals surface area (Å²) in [6.07, 6.45) is 0.816. The van der Waals surface area contributed by atoms with E-state index in [1.54, 1.807) is 37.3 Å². The van der Waals surface area contributed by atoms with E-state index in [0.29, 0.717) is 22.3 Å². The molecule has 0 bridgehead atoms. The molecular formula is C21H24Cl2N2O3. The van der Waals surface area contributed by atoms with E-state index in [1.165, 1.54) is 4.90 Å². The van der Waals surface area contributed by atoms with Crippen molar-refractivity contribution >= 4 is 35.0 Å². The molecule has 0 spiro atoms. The Kier molecular flexibility index (Phi) is 8.61. The number of amides is 2. The molecule has 7 heteroatoms. The maximum absolute atomic E-state index is 12.9. The van der Waals surface area contributed by atoms with Gasteiger partial charge in [0.2, 0.25) is 5.91 Å². The van der Waals surface area contributed by atoms with E-state index in [1.807, 2.05) is 25.1 Å². The Labute approximate surface area is 175 Å². The zero-order valence-corrected chi connectivity index (χ0v) is 17.5. The molecule has 150 valence electrons. The van der Waals surface area contributed by atoms with E-state index in [4.69, 9.17) is 27.9 Å². The largest absolute Gasteiger partial charge is 0.484 e. The summed E-state index contributed by atoms with van der Waals surface area (Å²) in [5.74, 6) is 0.0810. The van der Waals surface area contributed by atoms with Gasteiger partial charge >= 0.3 is 0 Å². The molecule has 0 saturated carbocycles. The Balaban J connectivity index is 2.15. The van der Waals surface area contributed by atoms with Crippen molar-refractivity contribution in [3.8, 4) is 5.75 Å². The number of hydrogen-bond acceptors (Lipinski definition) is 3. The average Bonchev–Trinajstić information content (AvgIpc) is 2.71. The van der Waals surface area contributed by atoms with Gasteiger partial charge in [0, 0.05) is 13.1 Å². The van der Waals surface area contributed by atoms with Crippen LogP contribution in [0.15, 0.2) is 48.5 Å². The summed E-state index contributed by atoms with van der Waals surface area (Å²) in [6, 6.07) is 13.6. The van der Waals surface area contributed by atoms with Gasteiger partial charge in [0.05, 0.1) is 10.0 Å². The molecule has 0 radical (unpaired) electrons. The summed E-state index contributed by atoms with van der Waals surface area (Å²) >= 11 is 12.1. The van der Waals surface area contributed by atoms with Crippen molar-refractivity contribution in [1.82, 2.24) is 10.2 Å². The molecule has 0 saturated heterocycles. The highest BCUT2D eigenvalue weighted by Crippen LogP contribution is 2.24. The Hall–Kier alpha value is -2.24. The van der Waals surface area contributed by atoms with Gasteiger partial charge in [-0.05, 0) is 43.2 Å². The molecule has 2 aromatic carbocycles. The van der Waals surface area contributed by atoms with Crippen LogP contribution in [0.3, 0.4) is 0 Å². The second-order valence-electron chi connectivity index (χ2n) is 6.34. The van der Waals surface area contributed by atoms with Gasteiger partial charge in [-0.1, -0.05) is 54.4 Å². The summed E-state index contributed by atoms with van der Waals surface area (Å²) in [4.78, 5) is 26.8. The van der Waals surface area contributed by atoms with Crippen LogP contribution in [-0.4, -0.2) is 35.9 Å². The summed E-state index contributed by atoms with van der Waals surface area (Å²) in [7, 11) is 0. The molecule has 0 aliphatic rings. The maximum atomic E-state index is 12.9. The molecule has 0 heterocycles. The van der Waals surface area contributed by atoms with Crippen LogP contribution in [-0.2, 0) is 16.1 Å². The van der Waals surface area contributed by atoms with Crippen LogP contribution in [0.1, 0.15) is 25.8 Å². The molecule has 0 aromatic heterocycles. The van der Waals surface area contributed by atoms with Gasteiger partial charge in [0.1, 0.15) is 11.8 Å². The number of rotatable bonds is 9. The second-order valence-corrected chi connectivity index (χ2v) is 7.15. The molecule has 0 fully saturated rings. The molecule has 2 rings (SSSR count). The first-order chi connectivity index (χ1) is 13.4. The lowest BCUT2D eigenvalue weighted by molar-refractivity contribution is -0.142. The van der Waals surface area contributed by atoms with Gasteiger partial charge in [0.15, 0.2) is 6.61 Å². The van der Waals surface area contributed by atoms with Crippen molar-refractivity contribution in [2.24, 2.45) is 0 Å². The number of carbonyl (C=O) groups is 2. The molecule has 5 nitrogen and oxygen atoms in total. The minimum absolute atomic E-state index is 0.170. The summed E-state index contributed by atoms with van der Waals surface area (Å²) in [5.41, 5.74) is 0.776. The first-order valence-electron chi connectivity index (χ1n) is 9.11. The quantitative estimate of drug-likeness (QED) is 0.654. The number of ether oxygens (including phenoxy) is 1. The highest BCUT2D eigenvalue weighted by Gasteiger charge is 2.26. The molecular weight excluding hydrogens is 399 g/mol. The maximum Gasteiger partial charge on any atom is 0.261 e. The molecule has 1 N–H and O–H groups in total. The van der Waals surface area contributed by atoms with Crippen LogP contribution >= 0.6 is 23.2 Å². The van der Waals surface area contributed by atoms with E-state index in [2.05, 4.69) is 5.32 Å². The second kappa shape index (κ2) is 10.9. The van der Waals surface area contributed by atoms with E-state index in [-0.39, 0.29) is 25.0 Å². The first-order valence-corrected chi connectivity index (χ1v) is 9.87. The number of nitrogens with zero attached hydrogens (tertiary/aromatic N) is 1. The number of hydrogen-bond donors (Lipinski definition) is 1. The predicted octanol–water partition coefficient (Wildman–Crippen LogP) is 4.32. The predicted molar refractivity (Wildman–Crippen MR) is 112 cm³/mol. The lowest BCUT2D eigenvalue weighted by atomic mass is 10.1. The van der Waals surface area contributed by atoms with Gasteiger partial charge in [-0.2, -0.15) is 0 Å². The Morgan fingerprint density at radius 3 is 2.46 bits per heavy atom. The van der Waals surface area contributed by atoms with E-state index < -0.39 is 6.04 Å². The molecule has 28 heavy (non-hydrogen) atoms. The van der Waals surface area contributed by atoms with Crippen LogP contribution in [0.25, 0.3) is 0 Å². The number of halogens is 2. The van der Waals surface area contributed by atoms with Gasteiger partial charge in [-0.25, -0.2) is 0 Å². The highest BCUT2D eigenvalue weighted by molar-refractivity contribution is 6.42. The third-order valence-electron chi connectivity index (χ3n) is 4.16. The van der Waals surface area contributed by atoms with Crippen LogP contribution in [0.2, 0.25) is 10.0 Å². The van der Waals surface area contributed by atoms with E-state index in [0.717, 1.165) is 12.0 Å². The number of para-hydroxylation sites is 1. The lowest BCUT2D eigenvalue weighted by Crippen LogP contribution is -2.49. The van der Waals surface area contributed by atoms with Gasteiger partial charge in [-0.3, -0.25) is 9.59 Å². The molecule has 2 amide bonds. The molecule has 1 atom stereocenters. The van der Waals surface area contributed by atoms with Crippen molar-refractivity contribution in [2.45, 2.75) is 32.9 Å². The summed E-state index contributed by atoms with van der Waals surface area (Å²) in [5, 5.41) is 3.66. The smallest absolute Gasteiger partial charge is 0.261 e. The van der Waals surface area contributed by atoms with Crippen molar-refractivity contribution in [3.63, 3.8) is 0 Å². The van der Waals surface area contributed by atoms with Crippen molar-refractivity contribution in [2.75, 3.05) is 13.2 Å². The lowest BCUT2D eigenvalue weighted by Gasteiger charge is -2.28. The Bertz CT molecular complexity index is 799. The molecule has 0 unspecified atom stereocenters. The summed E-state index contributed by atoms with van der Waals surface area (Å²) < 4.78 is 5.57. The Morgan fingerprint density at radius 1 is 1.11 bits per heavy atom. The topological polar surface area (TPSA) is 58.6 Å². The monoisotopic (exact) mass is 422 g/mol. The molecule has 0 aliphatic carbocycles. The number of benzene rings is 2. The number of carbonyl (C=O) groups excluding carboxylic acids is 2. The van der Waals surface area contributed by atoms with Crippen LogP contribution < -0.4 is 10.1 Å². The fourth-order valence-electron chi connectivity index (χ4n) is 2.56. The van der Waals surface area contributed by atoms with Crippen molar-refractivity contribution < 1.29 is 14.3 Å². The zero-order chi connectivity index (χ0) is 20.5. The van der Waals surface area contributed by atoms with E-state index >= 15 is 0 Å². The minimum Gasteiger partial charge on any atom is -0.484 e. The Morgan fingerprint density at radius 2 is 1.82 bits per heavy atom. The van der Waals surface area contributed by atoms with Crippen LogP contribution in [0.4, 0.5) is 0 Å². The van der Waals surface area contributed by atoms with Crippen LogP contribution in [0.5, 0.6) is 5.75 Å². The van der Waals surface area contributed by atoms with E-state index in [9.17, 15) is 9.59 Å². The average molecular weight is 423 g/mol. The highest BCUT2D eigenvalue weighted by atomic mass is 35.5. The number of nitrogens with one attached hydrogen (secondary N) is 1. The standard InChI is InChI=1S/C21H24Cl2N2O3/c1-3-11-24-21(27)15(2)25(13-16-9-10-18(22)19(23)12-16)20(26)14-28-17-7-5-4-6-8-17/h4-10,12,15H,3,11,13-14H2,1-2H3,(H,24,27)/t15-/m0/s1. The van der Waals surface area contributed by atoms with Crippen molar-refractivity contribution in [3.05, 3.63) is 64.1 Å².